The van der Waals surface area contributed by atoms with Gasteiger partial charge >= 0.3 is 0 Å². The molecule has 1 rings (SSSR count). The fourth-order valence-electron chi connectivity index (χ4n) is 0.887. The summed E-state index contributed by atoms with van der Waals surface area (Å²) < 4.78 is 10.6. The molecule has 0 amide bonds. The van der Waals surface area contributed by atoms with Gasteiger partial charge in [-0.3, -0.25) is 0 Å². The minimum Gasteiger partial charge on any atom is -0.486 e. The molecule has 0 aliphatic carbocycles. The fraction of sp³-hybridized carbons (Fsp3) is 0.538. The van der Waals surface area contributed by atoms with E-state index in [0.717, 1.165) is 17.4 Å². The van der Waals surface area contributed by atoms with Crippen molar-refractivity contribution in [2.24, 2.45) is 5.92 Å². The Balaban J connectivity index is 0.000000423. The van der Waals surface area contributed by atoms with E-state index in [4.69, 9.17) is 9.47 Å². The number of ether oxygens (including phenoxy) is 2. The molecular weight excluding hydrogens is 188 g/mol. The molecule has 0 radical (unpaired) electrons. The highest BCUT2D eigenvalue weighted by atomic mass is 16.6. The SMILES string of the molecule is C=CC1=C(/C=C\C)OCCO1.CC(C)C. The zero-order valence-electron chi connectivity index (χ0n) is 10.2. The molecule has 15 heavy (non-hydrogen) atoms. The summed E-state index contributed by atoms with van der Waals surface area (Å²) in [4.78, 5) is 0. The number of hydrogen-bond acceptors (Lipinski definition) is 2. The molecule has 0 fully saturated rings. The highest BCUT2D eigenvalue weighted by Gasteiger charge is 2.08. The predicted octanol–water partition coefficient (Wildman–Crippen LogP) is 3.67. The van der Waals surface area contributed by atoms with Gasteiger partial charge in [0, 0.05) is 0 Å². The van der Waals surface area contributed by atoms with Crippen molar-refractivity contribution >= 4 is 0 Å². The second-order valence-electron chi connectivity index (χ2n) is 3.86. The molecule has 0 aromatic heterocycles. The van der Waals surface area contributed by atoms with Gasteiger partial charge in [0.15, 0.2) is 11.5 Å². The third kappa shape index (κ3) is 6.83. The van der Waals surface area contributed by atoms with E-state index in [9.17, 15) is 0 Å². The molecule has 1 heterocycles. The maximum absolute atomic E-state index is 5.32. The Morgan fingerprint density at radius 3 is 2.00 bits per heavy atom. The zero-order valence-corrected chi connectivity index (χ0v) is 10.2. The van der Waals surface area contributed by atoms with E-state index in [0.29, 0.717) is 13.2 Å². The lowest BCUT2D eigenvalue weighted by Crippen LogP contribution is -2.11. The van der Waals surface area contributed by atoms with Crippen LogP contribution in [0.15, 0.2) is 36.3 Å². The van der Waals surface area contributed by atoms with Crippen molar-refractivity contribution in [3.63, 3.8) is 0 Å². The van der Waals surface area contributed by atoms with Gasteiger partial charge in [-0.05, 0) is 25.0 Å². The molecule has 2 nitrogen and oxygen atoms in total. The predicted molar refractivity (Wildman–Crippen MR) is 64.5 cm³/mol. The van der Waals surface area contributed by atoms with Crippen LogP contribution in [0, 0.1) is 5.92 Å². The van der Waals surface area contributed by atoms with Crippen LogP contribution in [0.1, 0.15) is 27.7 Å². The molecule has 86 valence electrons. The van der Waals surface area contributed by atoms with Gasteiger partial charge in [0.25, 0.3) is 0 Å². The highest BCUT2D eigenvalue weighted by molar-refractivity contribution is 5.24. The second-order valence-corrected chi connectivity index (χ2v) is 3.86. The summed E-state index contributed by atoms with van der Waals surface area (Å²) in [7, 11) is 0. The molecule has 1 aliphatic rings. The van der Waals surface area contributed by atoms with Crippen LogP contribution in [0.5, 0.6) is 0 Å². The summed E-state index contributed by atoms with van der Waals surface area (Å²) in [6.45, 7) is 13.3. The minimum absolute atomic E-state index is 0.613. The van der Waals surface area contributed by atoms with Gasteiger partial charge in [-0.15, -0.1) is 0 Å². The summed E-state index contributed by atoms with van der Waals surface area (Å²) in [5.74, 6) is 2.34. The topological polar surface area (TPSA) is 18.5 Å². The molecule has 2 heteroatoms. The van der Waals surface area contributed by atoms with E-state index in [2.05, 4.69) is 27.4 Å². The van der Waals surface area contributed by atoms with Crippen molar-refractivity contribution in [2.45, 2.75) is 27.7 Å². The first-order valence-corrected chi connectivity index (χ1v) is 5.36. The number of allylic oxidation sites excluding steroid dienone is 3. The number of rotatable bonds is 2. The van der Waals surface area contributed by atoms with E-state index in [1.54, 1.807) is 6.08 Å². The lowest BCUT2D eigenvalue weighted by Gasteiger charge is -2.17. The third-order valence-corrected chi connectivity index (χ3v) is 1.34. The molecule has 0 atom stereocenters. The molecule has 0 unspecified atom stereocenters. The van der Waals surface area contributed by atoms with E-state index in [-0.39, 0.29) is 0 Å². The van der Waals surface area contributed by atoms with Gasteiger partial charge in [-0.25, -0.2) is 0 Å². The molecule has 0 aromatic rings. The molecule has 0 N–H and O–H groups in total. The van der Waals surface area contributed by atoms with E-state index >= 15 is 0 Å². The van der Waals surface area contributed by atoms with Crippen LogP contribution in [-0.2, 0) is 9.47 Å². The summed E-state index contributed by atoms with van der Waals surface area (Å²) in [5.41, 5.74) is 0. The third-order valence-electron chi connectivity index (χ3n) is 1.34. The number of hydrogen-bond donors (Lipinski definition) is 0. The van der Waals surface area contributed by atoms with Gasteiger partial charge in [-0.1, -0.05) is 33.4 Å². The zero-order chi connectivity index (χ0) is 11.7. The Morgan fingerprint density at radius 2 is 1.60 bits per heavy atom. The molecule has 0 saturated heterocycles. The van der Waals surface area contributed by atoms with Crippen LogP contribution in [0.3, 0.4) is 0 Å². The lowest BCUT2D eigenvalue weighted by molar-refractivity contribution is 0.0769. The molecule has 0 spiro atoms. The first-order chi connectivity index (χ1) is 7.11. The van der Waals surface area contributed by atoms with Crippen LogP contribution in [0.2, 0.25) is 0 Å². The van der Waals surface area contributed by atoms with Crippen molar-refractivity contribution in [2.75, 3.05) is 13.2 Å². The van der Waals surface area contributed by atoms with Gasteiger partial charge in [0.1, 0.15) is 13.2 Å². The van der Waals surface area contributed by atoms with Crippen molar-refractivity contribution in [3.05, 3.63) is 36.3 Å². The van der Waals surface area contributed by atoms with Crippen molar-refractivity contribution in [1.82, 2.24) is 0 Å². The summed E-state index contributed by atoms with van der Waals surface area (Å²) in [6, 6.07) is 0. The average Bonchev–Trinajstić information content (AvgIpc) is 2.18. The first kappa shape index (κ1) is 13.8. The molecule has 0 saturated carbocycles. The normalized spacial score (nSPS) is 15.5. The van der Waals surface area contributed by atoms with Crippen molar-refractivity contribution < 1.29 is 9.47 Å². The first-order valence-electron chi connectivity index (χ1n) is 5.36. The standard InChI is InChI=1S/C9H12O2.C4H10/c1-3-5-9-8(4-2)10-6-7-11-9;1-4(2)3/h3-5H,2,6-7H2,1H3;4H,1-3H3/b5-3-;. The van der Waals surface area contributed by atoms with Crippen LogP contribution >= 0.6 is 0 Å². The Morgan fingerprint density at radius 1 is 1.13 bits per heavy atom. The Hall–Kier alpha value is -1.18. The molecule has 0 bridgehead atoms. The van der Waals surface area contributed by atoms with Crippen LogP contribution < -0.4 is 0 Å². The highest BCUT2D eigenvalue weighted by Crippen LogP contribution is 2.14. The Labute approximate surface area is 93.3 Å². The molecule has 1 aliphatic heterocycles. The Bertz CT molecular complexity index is 234. The smallest absolute Gasteiger partial charge is 0.161 e. The van der Waals surface area contributed by atoms with E-state index < -0.39 is 0 Å². The second kappa shape index (κ2) is 8.16. The summed E-state index contributed by atoms with van der Waals surface area (Å²) in [6.07, 6.45) is 5.44. The van der Waals surface area contributed by atoms with Gasteiger partial charge < -0.3 is 9.47 Å². The quantitative estimate of drug-likeness (QED) is 0.692. The summed E-state index contributed by atoms with van der Waals surface area (Å²) in [5, 5.41) is 0. The van der Waals surface area contributed by atoms with Gasteiger partial charge in [0.2, 0.25) is 0 Å². The van der Waals surface area contributed by atoms with Crippen molar-refractivity contribution in [1.29, 1.82) is 0 Å². The largest absolute Gasteiger partial charge is 0.486 e. The lowest BCUT2D eigenvalue weighted by atomic mass is 10.3. The van der Waals surface area contributed by atoms with E-state index in [1.807, 2.05) is 19.1 Å². The molecule has 0 aromatic carbocycles. The van der Waals surface area contributed by atoms with E-state index in [1.165, 1.54) is 0 Å². The maximum Gasteiger partial charge on any atom is 0.161 e. The van der Waals surface area contributed by atoms with Crippen LogP contribution in [-0.4, -0.2) is 13.2 Å². The minimum atomic E-state index is 0.613. The molecular formula is C13H22O2. The Kier molecular flexibility index (Phi) is 7.51. The van der Waals surface area contributed by atoms with Crippen molar-refractivity contribution in [3.8, 4) is 0 Å². The summed E-state index contributed by atoms with van der Waals surface area (Å²) >= 11 is 0. The monoisotopic (exact) mass is 210 g/mol. The van der Waals surface area contributed by atoms with Crippen LogP contribution in [0.25, 0.3) is 0 Å². The maximum atomic E-state index is 5.32. The fourth-order valence-corrected chi connectivity index (χ4v) is 0.887. The van der Waals surface area contributed by atoms with Gasteiger partial charge in [-0.2, -0.15) is 0 Å². The van der Waals surface area contributed by atoms with Gasteiger partial charge in [0.05, 0.1) is 0 Å². The van der Waals surface area contributed by atoms with Crippen LogP contribution in [0.4, 0.5) is 0 Å². The average molecular weight is 210 g/mol.